The number of benzene rings is 2. The average Bonchev–Trinajstić information content (AvgIpc) is 2.45. The summed E-state index contributed by atoms with van der Waals surface area (Å²) in [6, 6.07) is 10.7. The van der Waals surface area contributed by atoms with Gasteiger partial charge >= 0.3 is 6.18 Å². The van der Waals surface area contributed by atoms with Crippen LogP contribution in [0, 0.1) is 5.82 Å². The molecule has 0 saturated carbocycles. The lowest BCUT2D eigenvalue weighted by atomic mass is 10.0. The highest BCUT2D eigenvalue weighted by molar-refractivity contribution is 5.29. The van der Waals surface area contributed by atoms with Gasteiger partial charge < -0.3 is 10.5 Å². The molecule has 1 unspecified atom stereocenters. The van der Waals surface area contributed by atoms with Crippen LogP contribution in [0.4, 0.5) is 17.6 Å². The normalized spacial score (nSPS) is 13.0. The fourth-order valence-electron chi connectivity index (χ4n) is 1.79. The van der Waals surface area contributed by atoms with Gasteiger partial charge in [-0.2, -0.15) is 13.2 Å². The third kappa shape index (κ3) is 3.95. The maximum atomic E-state index is 13.2. The lowest BCUT2D eigenvalue weighted by Crippen LogP contribution is -2.20. The summed E-state index contributed by atoms with van der Waals surface area (Å²) in [7, 11) is 0. The molecule has 2 aromatic rings. The first kappa shape index (κ1) is 15.3. The molecule has 0 aliphatic heterocycles. The van der Waals surface area contributed by atoms with Crippen LogP contribution in [0.1, 0.15) is 17.2 Å². The van der Waals surface area contributed by atoms with E-state index in [1.165, 1.54) is 6.07 Å². The molecule has 2 rings (SSSR count). The standard InChI is InChI=1S/C15H13F4NO/c16-13-7-6-10(8-12(13)15(17,18)19)14(20)9-21-11-4-2-1-3-5-11/h1-8,14H,9,20H2. The van der Waals surface area contributed by atoms with Crippen molar-refractivity contribution in [3.63, 3.8) is 0 Å². The van der Waals surface area contributed by atoms with Crippen LogP contribution in [0.15, 0.2) is 48.5 Å². The minimum atomic E-state index is -4.75. The van der Waals surface area contributed by atoms with Crippen LogP contribution < -0.4 is 10.5 Å². The fraction of sp³-hybridized carbons (Fsp3) is 0.200. The molecule has 6 heteroatoms. The smallest absolute Gasteiger partial charge is 0.419 e. The first-order valence-corrected chi connectivity index (χ1v) is 6.18. The van der Waals surface area contributed by atoms with E-state index in [0.717, 1.165) is 6.07 Å². The van der Waals surface area contributed by atoms with Crippen molar-refractivity contribution in [1.82, 2.24) is 0 Å². The molecule has 1 atom stereocenters. The molecule has 2 nitrogen and oxygen atoms in total. The zero-order valence-corrected chi connectivity index (χ0v) is 10.9. The quantitative estimate of drug-likeness (QED) is 0.868. The molecule has 0 bridgehead atoms. The first-order chi connectivity index (χ1) is 9.88. The first-order valence-electron chi connectivity index (χ1n) is 6.18. The molecule has 0 saturated heterocycles. The van der Waals surface area contributed by atoms with E-state index >= 15 is 0 Å². The van der Waals surface area contributed by atoms with E-state index in [1.54, 1.807) is 24.3 Å². The van der Waals surface area contributed by atoms with Crippen LogP contribution in [0.5, 0.6) is 5.75 Å². The van der Waals surface area contributed by atoms with E-state index in [1.807, 2.05) is 6.07 Å². The van der Waals surface area contributed by atoms with Gasteiger partial charge in [-0.25, -0.2) is 4.39 Å². The van der Waals surface area contributed by atoms with Crippen molar-refractivity contribution in [1.29, 1.82) is 0 Å². The summed E-state index contributed by atoms with van der Waals surface area (Å²) in [5, 5.41) is 0. The number of ether oxygens (including phenoxy) is 1. The largest absolute Gasteiger partial charge is 0.492 e. The average molecular weight is 299 g/mol. The van der Waals surface area contributed by atoms with Crippen molar-refractivity contribution >= 4 is 0 Å². The second kappa shape index (κ2) is 6.13. The Kier molecular flexibility index (Phi) is 4.47. The molecular formula is C15H13F4NO. The Morgan fingerprint density at radius 1 is 1.05 bits per heavy atom. The van der Waals surface area contributed by atoms with Gasteiger partial charge in [0.05, 0.1) is 11.6 Å². The Balaban J connectivity index is 2.11. The van der Waals surface area contributed by atoms with Crippen LogP contribution in [-0.2, 0) is 6.18 Å². The van der Waals surface area contributed by atoms with Crippen LogP contribution in [-0.4, -0.2) is 6.61 Å². The number of rotatable bonds is 4. The maximum Gasteiger partial charge on any atom is 0.419 e. The number of para-hydroxylation sites is 1. The predicted molar refractivity (Wildman–Crippen MR) is 70.3 cm³/mol. The molecule has 0 radical (unpaired) electrons. The van der Waals surface area contributed by atoms with E-state index in [-0.39, 0.29) is 12.2 Å². The van der Waals surface area contributed by atoms with E-state index in [9.17, 15) is 17.6 Å². The Bertz CT molecular complexity index is 598. The van der Waals surface area contributed by atoms with E-state index < -0.39 is 23.6 Å². The summed E-state index contributed by atoms with van der Waals surface area (Å²) in [4.78, 5) is 0. The van der Waals surface area contributed by atoms with Crippen LogP contribution >= 0.6 is 0 Å². The second-order valence-corrected chi connectivity index (χ2v) is 4.47. The molecule has 0 aliphatic rings. The third-order valence-corrected chi connectivity index (χ3v) is 2.90. The van der Waals surface area contributed by atoms with Gasteiger partial charge in [0.1, 0.15) is 18.2 Å². The zero-order chi connectivity index (χ0) is 15.5. The van der Waals surface area contributed by atoms with Crippen molar-refractivity contribution in [2.75, 3.05) is 6.61 Å². The van der Waals surface area contributed by atoms with Crippen LogP contribution in [0.25, 0.3) is 0 Å². The number of hydrogen-bond donors (Lipinski definition) is 1. The summed E-state index contributed by atoms with van der Waals surface area (Å²) in [6.45, 7) is -0.00700. The Labute approximate surface area is 119 Å². The van der Waals surface area contributed by atoms with Gasteiger partial charge in [-0.3, -0.25) is 0 Å². The monoisotopic (exact) mass is 299 g/mol. The molecule has 21 heavy (non-hydrogen) atoms. The van der Waals surface area contributed by atoms with Crippen molar-refractivity contribution in [2.45, 2.75) is 12.2 Å². The number of nitrogens with two attached hydrogens (primary N) is 1. The summed E-state index contributed by atoms with van der Waals surface area (Å²) < 4.78 is 56.5. The van der Waals surface area contributed by atoms with Gasteiger partial charge in [0.15, 0.2) is 0 Å². The summed E-state index contributed by atoms with van der Waals surface area (Å²) in [6.07, 6.45) is -4.75. The number of hydrogen-bond acceptors (Lipinski definition) is 2. The van der Waals surface area contributed by atoms with E-state index in [4.69, 9.17) is 10.5 Å². The summed E-state index contributed by atoms with van der Waals surface area (Å²) >= 11 is 0. The lowest BCUT2D eigenvalue weighted by molar-refractivity contribution is -0.140. The minimum Gasteiger partial charge on any atom is -0.492 e. The summed E-state index contributed by atoms with van der Waals surface area (Å²) in [5.41, 5.74) is 4.63. The Morgan fingerprint density at radius 3 is 2.33 bits per heavy atom. The zero-order valence-electron chi connectivity index (χ0n) is 10.9. The maximum absolute atomic E-state index is 13.2. The third-order valence-electron chi connectivity index (χ3n) is 2.90. The molecule has 0 amide bonds. The molecule has 0 aromatic heterocycles. The molecule has 0 fully saturated rings. The highest BCUT2D eigenvalue weighted by atomic mass is 19.4. The van der Waals surface area contributed by atoms with Crippen molar-refractivity contribution < 1.29 is 22.3 Å². The molecule has 2 aromatic carbocycles. The Morgan fingerprint density at radius 2 is 1.71 bits per heavy atom. The highest BCUT2D eigenvalue weighted by Crippen LogP contribution is 2.32. The van der Waals surface area contributed by atoms with Crippen molar-refractivity contribution in [3.8, 4) is 5.75 Å². The van der Waals surface area contributed by atoms with Gasteiger partial charge in [0.2, 0.25) is 0 Å². The Hall–Kier alpha value is -2.08. The lowest BCUT2D eigenvalue weighted by Gasteiger charge is -2.16. The molecule has 112 valence electrons. The topological polar surface area (TPSA) is 35.2 Å². The number of halogens is 4. The molecule has 2 N–H and O–H groups in total. The van der Waals surface area contributed by atoms with Crippen molar-refractivity contribution in [2.24, 2.45) is 5.73 Å². The van der Waals surface area contributed by atoms with Crippen LogP contribution in [0.3, 0.4) is 0 Å². The molecule has 0 spiro atoms. The minimum absolute atomic E-state index is 0.00700. The van der Waals surface area contributed by atoms with E-state index in [2.05, 4.69) is 0 Å². The van der Waals surface area contributed by atoms with Gasteiger partial charge in [-0.05, 0) is 29.8 Å². The molecule has 0 heterocycles. The van der Waals surface area contributed by atoms with E-state index in [0.29, 0.717) is 11.8 Å². The predicted octanol–water partition coefficient (Wildman–Crippen LogP) is 3.92. The van der Waals surface area contributed by atoms with Gasteiger partial charge in [0.25, 0.3) is 0 Å². The second-order valence-electron chi connectivity index (χ2n) is 4.47. The van der Waals surface area contributed by atoms with Gasteiger partial charge in [-0.15, -0.1) is 0 Å². The van der Waals surface area contributed by atoms with Crippen molar-refractivity contribution in [3.05, 3.63) is 65.5 Å². The molecule has 0 aliphatic carbocycles. The summed E-state index contributed by atoms with van der Waals surface area (Å²) in [5.74, 6) is -0.756. The van der Waals surface area contributed by atoms with Gasteiger partial charge in [0, 0.05) is 0 Å². The number of alkyl halides is 3. The highest BCUT2D eigenvalue weighted by Gasteiger charge is 2.34. The SMILES string of the molecule is NC(COc1ccccc1)c1ccc(F)c(C(F)(F)F)c1. The van der Waals surface area contributed by atoms with Crippen LogP contribution in [0.2, 0.25) is 0 Å². The van der Waals surface area contributed by atoms with Gasteiger partial charge in [-0.1, -0.05) is 24.3 Å². The molecular weight excluding hydrogens is 286 g/mol. The fourth-order valence-corrected chi connectivity index (χ4v) is 1.79.